The summed E-state index contributed by atoms with van der Waals surface area (Å²) >= 11 is 0. The molecule has 0 bridgehead atoms. The number of amides is 2. The van der Waals surface area contributed by atoms with Crippen molar-refractivity contribution in [3.63, 3.8) is 0 Å². The van der Waals surface area contributed by atoms with Gasteiger partial charge in [0.15, 0.2) is 0 Å². The fourth-order valence-corrected chi connectivity index (χ4v) is 1.88. The molecule has 0 saturated carbocycles. The zero-order chi connectivity index (χ0) is 15.2. The highest BCUT2D eigenvalue weighted by molar-refractivity contribution is 5.89. The molecule has 1 atom stereocenters. The van der Waals surface area contributed by atoms with E-state index >= 15 is 0 Å². The van der Waals surface area contributed by atoms with Crippen LogP contribution in [0.25, 0.3) is 0 Å². The Hall–Kier alpha value is -1.75. The molecule has 0 radical (unpaired) electrons. The lowest BCUT2D eigenvalue weighted by Crippen LogP contribution is -2.46. The number of rotatable bonds is 5. The Morgan fingerprint density at radius 3 is 2.65 bits per heavy atom. The molecule has 5 nitrogen and oxygen atoms in total. The van der Waals surface area contributed by atoms with Crippen LogP contribution in [0.5, 0.6) is 5.75 Å². The predicted octanol–water partition coefficient (Wildman–Crippen LogP) is 2.61. The smallest absolute Gasteiger partial charge is 0.319 e. The van der Waals surface area contributed by atoms with Crippen LogP contribution in [-0.2, 0) is 0 Å². The minimum Gasteiger partial charge on any atom is -0.497 e. The lowest BCUT2D eigenvalue weighted by atomic mass is 9.85. The van der Waals surface area contributed by atoms with Gasteiger partial charge in [-0.25, -0.2) is 4.79 Å². The Labute approximate surface area is 120 Å². The maximum absolute atomic E-state index is 12.0. The first-order chi connectivity index (χ1) is 9.36. The fraction of sp³-hybridized carbons (Fsp3) is 0.533. The molecule has 112 valence electrons. The van der Waals surface area contributed by atoms with E-state index in [1.807, 2.05) is 32.9 Å². The van der Waals surface area contributed by atoms with Gasteiger partial charge in [-0.2, -0.15) is 0 Å². The maximum atomic E-state index is 12.0. The average Bonchev–Trinajstić information content (AvgIpc) is 2.37. The van der Waals surface area contributed by atoms with Crippen molar-refractivity contribution in [3.05, 3.63) is 24.3 Å². The van der Waals surface area contributed by atoms with Gasteiger partial charge < -0.3 is 20.5 Å². The minimum absolute atomic E-state index is 0.0430. The summed E-state index contributed by atoms with van der Waals surface area (Å²) < 4.78 is 5.11. The highest BCUT2D eigenvalue weighted by Gasteiger charge is 2.25. The van der Waals surface area contributed by atoms with Gasteiger partial charge in [-0.1, -0.05) is 26.8 Å². The minimum atomic E-state index is -0.286. The summed E-state index contributed by atoms with van der Waals surface area (Å²) in [7, 11) is 1.58. The molecule has 20 heavy (non-hydrogen) atoms. The first kappa shape index (κ1) is 16.3. The largest absolute Gasteiger partial charge is 0.497 e. The molecule has 3 N–H and O–H groups in total. The number of ether oxygens (including phenoxy) is 1. The van der Waals surface area contributed by atoms with Crippen LogP contribution in [0.2, 0.25) is 0 Å². The number of aliphatic hydroxyl groups is 1. The molecular weight excluding hydrogens is 256 g/mol. The van der Waals surface area contributed by atoms with Gasteiger partial charge >= 0.3 is 6.03 Å². The Kier molecular flexibility index (Phi) is 5.82. The van der Waals surface area contributed by atoms with Crippen LogP contribution in [0.1, 0.15) is 27.2 Å². The Morgan fingerprint density at radius 2 is 2.10 bits per heavy atom. The van der Waals surface area contributed by atoms with E-state index in [2.05, 4.69) is 10.6 Å². The van der Waals surface area contributed by atoms with Gasteiger partial charge in [0, 0.05) is 24.4 Å². The first-order valence-corrected chi connectivity index (χ1v) is 6.69. The summed E-state index contributed by atoms with van der Waals surface area (Å²) in [6, 6.07) is 6.78. The van der Waals surface area contributed by atoms with Crippen molar-refractivity contribution in [1.29, 1.82) is 0 Å². The average molecular weight is 280 g/mol. The van der Waals surface area contributed by atoms with Crippen molar-refractivity contribution in [2.24, 2.45) is 5.41 Å². The number of aliphatic hydroxyl groups excluding tert-OH is 1. The van der Waals surface area contributed by atoms with Gasteiger partial charge in [0.1, 0.15) is 5.75 Å². The van der Waals surface area contributed by atoms with Crippen LogP contribution >= 0.6 is 0 Å². The number of hydrogen-bond donors (Lipinski definition) is 3. The highest BCUT2D eigenvalue weighted by Crippen LogP contribution is 2.22. The summed E-state index contributed by atoms with van der Waals surface area (Å²) in [5.74, 6) is 0.686. The van der Waals surface area contributed by atoms with Crippen molar-refractivity contribution in [3.8, 4) is 5.75 Å². The van der Waals surface area contributed by atoms with Crippen molar-refractivity contribution < 1.29 is 14.6 Å². The molecule has 0 aromatic heterocycles. The van der Waals surface area contributed by atoms with Crippen molar-refractivity contribution in [2.45, 2.75) is 33.2 Å². The van der Waals surface area contributed by atoms with Crippen LogP contribution in [0.3, 0.4) is 0 Å². The molecule has 0 aliphatic heterocycles. The second-order valence-electron chi connectivity index (χ2n) is 5.76. The third kappa shape index (κ3) is 5.09. The van der Waals surface area contributed by atoms with Crippen LogP contribution in [0.4, 0.5) is 10.5 Å². The molecule has 0 saturated heterocycles. The summed E-state index contributed by atoms with van der Waals surface area (Å²) in [4.78, 5) is 12.0. The number of urea groups is 1. The molecular formula is C15H24N2O3. The van der Waals surface area contributed by atoms with E-state index in [4.69, 9.17) is 9.84 Å². The van der Waals surface area contributed by atoms with Gasteiger partial charge in [-0.15, -0.1) is 0 Å². The molecule has 0 unspecified atom stereocenters. The van der Waals surface area contributed by atoms with E-state index in [1.165, 1.54) is 0 Å². The second kappa shape index (κ2) is 7.14. The van der Waals surface area contributed by atoms with Crippen LogP contribution < -0.4 is 15.4 Å². The molecule has 0 fully saturated rings. The van der Waals surface area contributed by atoms with Gasteiger partial charge in [0.25, 0.3) is 0 Å². The van der Waals surface area contributed by atoms with Crippen molar-refractivity contribution in [1.82, 2.24) is 5.32 Å². The number of carbonyl (C=O) groups excluding carboxylic acids is 1. The van der Waals surface area contributed by atoms with Crippen LogP contribution in [-0.4, -0.2) is 30.9 Å². The zero-order valence-electron chi connectivity index (χ0n) is 12.6. The second-order valence-corrected chi connectivity index (χ2v) is 5.76. The topological polar surface area (TPSA) is 70.6 Å². The van der Waals surface area contributed by atoms with E-state index in [0.717, 1.165) is 0 Å². The molecule has 0 heterocycles. The Balaban J connectivity index is 2.65. The molecule has 2 amide bonds. The van der Waals surface area contributed by atoms with Crippen LogP contribution in [0.15, 0.2) is 24.3 Å². The number of hydrogen-bond acceptors (Lipinski definition) is 3. The zero-order valence-corrected chi connectivity index (χ0v) is 12.6. The number of anilines is 1. The van der Waals surface area contributed by atoms with E-state index in [1.54, 1.807) is 19.2 Å². The van der Waals surface area contributed by atoms with Gasteiger partial charge in [0.2, 0.25) is 0 Å². The summed E-state index contributed by atoms with van der Waals surface area (Å²) in [5.41, 5.74) is 0.549. The number of carbonyl (C=O) groups is 1. The lowest BCUT2D eigenvalue weighted by molar-refractivity contribution is 0.194. The van der Waals surface area contributed by atoms with E-state index in [0.29, 0.717) is 17.9 Å². The maximum Gasteiger partial charge on any atom is 0.319 e. The number of benzene rings is 1. The van der Waals surface area contributed by atoms with Gasteiger partial charge in [0.05, 0.1) is 7.11 Å². The van der Waals surface area contributed by atoms with E-state index < -0.39 is 0 Å². The summed E-state index contributed by atoms with van der Waals surface area (Å²) in [5, 5.41) is 14.7. The quantitative estimate of drug-likeness (QED) is 0.776. The SMILES string of the molecule is COc1cccc(NC(=O)N[C@H](CCO)C(C)(C)C)c1. The molecule has 0 aliphatic carbocycles. The van der Waals surface area contributed by atoms with Crippen molar-refractivity contribution in [2.75, 3.05) is 19.0 Å². The van der Waals surface area contributed by atoms with Crippen molar-refractivity contribution >= 4 is 11.7 Å². The molecule has 0 aliphatic rings. The molecule has 5 heteroatoms. The first-order valence-electron chi connectivity index (χ1n) is 6.69. The third-order valence-electron chi connectivity index (χ3n) is 3.10. The fourth-order valence-electron chi connectivity index (χ4n) is 1.88. The van der Waals surface area contributed by atoms with Crippen LogP contribution in [0, 0.1) is 5.41 Å². The molecule has 1 aromatic rings. The van der Waals surface area contributed by atoms with Gasteiger partial charge in [-0.3, -0.25) is 0 Å². The third-order valence-corrected chi connectivity index (χ3v) is 3.10. The lowest BCUT2D eigenvalue weighted by Gasteiger charge is -2.31. The standard InChI is InChI=1S/C15H24N2O3/c1-15(2,3)13(8-9-18)17-14(19)16-11-6-5-7-12(10-11)20-4/h5-7,10,13,18H,8-9H2,1-4H3,(H2,16,17,19)/t13-/m1/s1. The predicted molar refractivity (Wildman–Crippen MR) is 80.1 cm³/mol. The molecule has 1 rings (SSSR count). The monoisotopic (exact) mass is 280 g/mol. The van der Waals surface area contributed by atoms with E-state index in [-0.39, 0.29) is 24.1 Å². The Bertz CT molecular complexity index is 441. The summed E-state index contributed by atoms with van der Waals surface area (Å²) in [6.45, 7) is 6.12. The Morgan fingerprint density at radius 1 is 1.40 bits per heavy atom. The molecule has 0 spiro atoms. The van der Waals surface area contributed by atoms with E-state index in [9.17, 15) is 4.79 Å². The normalized spacial score (nSPS) is 12.7. The van der Waals surface area contributed by atoms with Gasteiger partial charge in [-0.05, 0) is 24.0 Å². The highest BCUT2D eigenvalue weighted by atomic mass is 16.5. The number of methoxy groups -OCH3 is 1. The molecule has 1 aromatic carbocycles. The summed E-state index contributed by atoms with van der Waals surface area (Å²) in [6.07, 6.45) is 0.523. The number of nitrogens with one attached hydrogen (secondary N) is 2.